The van der Waals surface area contributed by atoms with Gasteiger partial charge in [0.15, 0.2) is 0 Å². The average molecular weight is 234 g/mol. The van der Waals surface area contributed by atoms with Crippen molar-refractivity contribution in [2.45, 2.75) is 17.0 Å². The van der Waals surface area contributed by atoms with Crippen LogP contribution < -0.4 is 5.73 Å². The number of aromatic nitrogens is 1. The SMILES string of the molecule is Cc1coc(Sc2ccccc2C(N)=O)n1. The van der Waals surface area contributed by atoms with E-state index < -0.39 is 5.91 Å². The van der Waals surface area contributed by atoms with E-state index in [0.29, 0.717) is 10.8 Å². The van der Waals surface area contributed by atoms with Gasteiger partial charge in [-0.25, -0.2) is 4.98 Å². The molecule has 5 heteroatoms. The van der Waals surface area contributed by atoms with Crippen LogP contribution in [0.1, 0.15) is 16.1 Å². The maximum absolute atomic E-state index is 11.2. The summed E-state index contributed by atoms with van der Waals surface area (Å²) in [6.07, 6.45) is 1.56. The van der Waals surface area contributed by atoms with E-state index in [0.717, 1.165) is 10.6 Å². The third kappa shape index (κ3) is 2.25. The molecule has 0 aliphatic rings. The Labute approximate surface area is 96.9 Å². The Kier molecular flexibility index (Phi) is 2.96. The van der Waals surface area contributed by atoms with Gasteiger partial charge in [0.05, 0.1) is 11.3 Å². The number of rotatable bonds is 3. The van der Waals surface area contributed by atoms with Gasteiger partial charge in [0.2, 0.25) is 5.91 Å². The summed E-state index contributed by atoms with van der Waals surface area (Å²) in [6, 6.07) is 7.10. The van der Waals surface area contributed by atoms with Crippen molar-refractivity contribution >= 4 is 17.7 Å². The van der Waals surface area contributed by atoms with Crippen LogP contribution in [-0.4, -0.2) is 10.9 Å². The zero-order chi connectivity index (χ0) is 11.5. The average Bonchev–Trinajstić information content (AvgIpc) is 2.64. The van der Waals surface area contributed by atoms with Crippen molar-refractivity contribution < 1.29 is 9.21 Å². The Hall–Kier alpha value is -1.75. The van der Waals surface area contributed by atoms with E-state index in [-0.39, 0.29) is 0 Å². The van der Waals surface area contributed by atoms with E-state index in [4.69, 9.17) is 10.2 Å². The highest BCUT2D eigenvalue weighted by Crippen LogP contribution is 2.29. The molecule has 0 bridgehead atoms. The third-order valence-electron chi connectivity index (χ3n) is 1.95. The summed E-state index contributed by atoms with van der Waals surface area (Å²) in [6.45, 7) is 1.84. The summed E-state index contributed by atoms with van der Waals surface area (Å²) in [4.78, 5) is 16.1. The number of oxazole rings is 1. The van der Waals surface area contributed by atoms with E-state index in [2.05, 4.69) is 4.98 Å². The number of primary amides is 1. The smallest absolute Gasteiger partial charge is 0.260 e. The first-order valence-electron chi connectivity index (χ1n) is 4.65. The van der Waals surface area contributed by atoms with Gasteiger partial charge in [0.25, 0.3) is 5.22 Å². The minimum absolute atomic E-state index is 0.452. The highest BCUT2D eigenvalue weighted by molar-refractivity contribution is 7.99. The lowest BCUT2D eigenvalue weighted by Gasteiger charge is -2.02. The highest BCUT2D eigenvalue weighted by Gasteiger charge is 2.11. The molecule has 1 aromatic carbocycles. The maximum atomic E-state index is 11.2. The fraction of sp³-hybridized carbons (Fsp3) is 0.0909. The molecule has 2 aromatic rings. The van der Waals surface area contributed by atoms with Gasteiger partial charge in [-0.05, 0) is 30.8 Å². The molecule has 2 rings (SSSR count). The van der Waals surface area contributed by atoms with Crippen LogP contribution in [0.4, 0.5) is 0 Å². The maximum Gasteiger partial charge on any atom is 0.260 e. The van der Waals surface area contributed by atoms with Gasteiger partial charge < -0.3 is 10.2 Å². The van der Waals surface area contributed by atoms with E-state index in [1.54, 1.807) is 18.4 Å². The van der Waals surface area contributed by atoms with Crippen LogP contribution in [0.2, 0.25) is 0 Å². The lowest BCUT2D eigenvalue weighted by atomic mass is 10.2. The molecule has 0 saturated heterocycles. The number of hydrogen-bond acceptors (Lipinski definition) is 4. The Morgan fingerprint density at radius 2 is 2.19 bits per heavy atom. The Balaban J connectivity index is 2.31. The number of carbonyl (C=O) groups is 1. The molecule has 0 aliphatic carbocycles. The quantitative estimate of drug-likeness (QED) is 0.884. The van der Waals surface area contributed by atoms with E-state index in [1.807, 2.05) is 19.1 Å². The van der Waals surface area contributed by atoms with Crippen LogP contribution in [0.5, 0.6) is 0 Å². The Morgan fingerprint density at radius 1 is 1.44 bits per heavy atom. The summed E-state index contributed by atoms with van der Waals surface area (Å²) in [7, 11) is 0. The number of amides is 1. The predicted molar refractivity (Wildman–Crippen MR) is 60.3 cm³/mol. The molecule has 82 valence electrons. The number of hydrogen-bond donors (Lipinski definition) is 1. The second kappa shape index (κ2) is 4.40. The topological polar surface area (TPSA) is 69.1 Å². The van der Waals surface area contributed by atoms with Crippen molar-refractivity contribution in [1.29, 1.82) is 0 Å². The summed E-state index contributed by atoms with van der Waals surface area (Å²) in [5.74, 6) is -0.452. The number of nitrogens with two attached hydrogens (primary N) is 1. The molecular formula is C11H10N2O2S. The minimum Gasteiger partial charge on any atom is -0.439 e. The van der Waals surface area contributed by atoms with Crippen LogP contribution in [0, 0.1) is 6.92 Å². The first-order chi connectivity index (χ1) is 7.66. The summed E-state index contributed by atoms with van der Waals surface area (Å²) in [5.41, 5.74) is 6.55. The van der Waals surface area contributed by atoms with E-state index in [1.165, 1.54) is 11.8 Å². The molecule has 1 heterocycles. The molecule has 0 atom stereocenters. The predicted octanol–water partition coefficient (Wildman–Crippen LogP) is 2.23. The van der Waals surface area contributed by atoms with Crippen molar-refractivity contribution in [2.24, 2.45) is 5.73 Å². The van der Waals surface area contributed by atoms with Crippen LogP contribution in [0.3, 0.4) is 0 Å². The second-order valence-electron chi connectivity index (χ2n) is 3.22. The Morgan fingerprint density at radius 3 is 2.81 bits per heavy atom. The van der Waals surface area contributed by atoms with E-state index in [9.17, 15) is 4.79 Å². The molecule has 0 saturated carbocycles. The molecule has 16 heavy (non-hydrogen) atoms. The van der Waals surface area contributed by atoms with Crippen molar-refractivity contribution in [3.8, 4) is 0 Å². The molecule has 2 N–H and O–H groups in total. The van der Waals surface area contributed by atoms with Crippen molar-refractivity contribution in [2.75, 3.05) is 0 Å². The number of aryl methyl sites for hydroxylation is 1. The summed E-state index contributed by atoms with van der Waals surface area (Å²) >= 11 is 1.28. The molecule has 4 nitrogen and oxygen atoms in total. The zero-order valence-electron chi connectivity index (χ0n) is 8.64. The largest absolute Gasteiger partial charge is 0.439 e. The molecule has 0 unspecified atom stereocenters. The summed E-state index contributed by atoms with van der Waals surface area (Å²) < 4.78 is 5.20. The van der Waals surface area contributed by atoms with Gasteiger partial charge >= 0.3 is 0 Å². The molecular weight excluding hydrogens is 224 g/mol. The zero-order valence-corrected chi connectivity index (χ0v) is 9.45. The molecule has 1 amide bonds. The third-order valence-corrected chi connectivity index (χ3v) is 2.89. The van der Waals surface area contributed by atoms with Crippen LogP contribution >= 0.6 is 11.8 Å². The normalized spacial score (nSPS) is 10.3. The molecule has 0 fully saturated rings. The van der Waals surface area contributed by atoms with Gasteiger partial charge in [-0.2, -0.15) is 0 Å². The first-order valence-corrected chi connectivity index (χ1v) is 5.47. The molecule has 0 spiro atoms. The number of benzene rings is 1. The highest BCUT2D eigenvalue weighted by atomic mass is 32.2. The lowest BCUT2D eigenvalue weighted by molar-refractivity contribution is 0.0997. The van der Waals surface area contributed by atoms with E-state index >= 15 is 0 Å². The van der Waals surface area contributed by atoms with Crippen molar-refractivity contribution in [1.82, 2.24) is 4.98 Å². The minimum atomic E-state index is -0.452. The van der Waals surface area contributed by atoms with Gasteiger partial charge in [-0.15, -0.1) is 0 Å². The molecule has 1 aromatic heterocycles. The van der Waals surface area contributed by atoms with Crippen LogP contribution in [-0.2, 0) is 0 Å². The van der Waals surface area contributed by atoms with Gasteiger partial charge in [0, 0.05) is 4.90 Å². The molecule has 0 aliphatic heterocycles. The Bertz CT molecular complexity index is 522. The summed E-state index contributed by atoms with van der Waals surface area (Å²) in [5, 5.41) is 0.506. The lowest BCUT2D eigenvalue weighted by Crippen LogP contribution is -2.11. The first kappa shape index (κ1) is 10.8. The second-order valence-corrected chi connectivity index (χ2v) is 4.21. The van der Waals surface area contributed by atoms with Crippen molar-refractivity contribution in [3.63, 3.8) is 0 Å². The number of nitrogens with zero attached hydrogens (tertiary/aromatic N) is 1. The van der Waals surface area contributed by atoms with Gasteiger partial charge in [-0.3, -0.25) is 4.79 Å². The molecule has 0 radical (unpaired) electrons. The van der Waals surface area contributed by atoms with Gasteiger partial charge in [-0.1, -0.05) is 12.1 Å². The fourth-order valence-electron chi connectivity index (χ4n) is 1.23. The standard InChI is InChI=1S/C11H10N2O2S/c1-7-6-15-11(13-7)16-9-5-3-2-4-8(9)10(12)14/h2-6H,1H3,(H2,12,14). The number of carbonyl (C=O) groups excluding carboxylic acids is 1. The monoisotopic (exact) mass is 234 g/mol. The van der Waals surface area contributed by atoms with Crippen molar-refractivity contribution in [3.05, 3.63) is 41.8 Å². The van der Waals surface area contributed by atoms with Gasteiger partial charge in [0.1, 0.15) is 6.26 Å². The van der Waals surface area contributed by atoms with Crippen LogP contribution in [0.15, 0.2) is 45.1 Å². The van der Waals surface area contributed by atoms with Crippen LogP contribution in [0.25, 0.3) is 0 Å². The fourth-order valence-corrected chi connectivity index (χ4v) is 2.13.